The van der Waals surface area contributed by atoms with Crippen molar-refractivity contribution >= 4 is 39.5 Å². The quantitative estimate of drug-likeness (QED) is 0.0222. The fraction of sp³-hybridized carbons (Fsp3) is 0.953. The van der Waals surface area contributed by atoms with Gasteiger partial charge in [0, 0.05) is 25.7 Å². The molecule has 17 nitrogen and oxygen atoms in total. The van der Waals surface area contributed by atoms with Crippen molar-refractivity contribution in [2.45, 2.75) is 483 Å². The van der Waals surface area contributed by atoms with Crippen LogP contribution in [0.5, 0.6) is 0 Å². The summed E-state index contributed by atoms with van der Waals surface area (Å²) in [6.45, 7) is 5.03. The van der Waals surface area contributed by atoms with Gasteiger partial charge >= 0.3 is 39.5 Å². The fourth-order valence-electron chi connectivity index (χ4n) is 13.3. The predicted octanol–water partition coefficient (Wildman–Crippen LogP) is 26.1. The van der Waals surface area contributed by atoms with Crippen LogP contribution in [-0.4, -0.2) is 96.7 Å². The van der Waals surface area contributed by atoms with Gasteiger partial charge in [0.05, 0.1) is 26.4 Å². The van der Waals surface area contributed by atoms with Gasteiger partial charge in [0.1, 0.15) is 19.3 Å². The zero-order valence-electron chi connectivity index (χ0n) is 68.0. The lowest BCUT2D eigenvalue weighted by Gasteiger charge is -2.21. The number of aliphatic hydroxyl groups is 1. The number of aliphatic hydroxyl groups excluding tert-OH is 1. The summed E-state index contributed by atoms with van der Waals surface area (Å²) in [5, 5.41) is 10.7. The maximum absolute atomic E-state index is 13.1. The fourth-order valence-corrected chi connectivity index (χ4v) is 14.9. The normalized spacial score (nSPS) is 13.7. The minimum absolute atomic E-state index is 0.108. The number of hydrogen-bond acceptors (Lipinski definition) is 15. The number of carbonyl (C=O) groups excluding carboxylic acids is 4. The zero-order chi connectivity index (χ0) is 76.0. The lowest BCUT2D eigenvalue weighted by molar-refractivity contribution is -0.161. The van der Waals surface area contributed by atoms with E-state index in [0.717, 1.165) is 89.9 Å². The van der Waals surface area contributed by atoms with Crippen molar-refractivity contribution in [1.29, 1.82) is 0 Å². The number of rotatable bonds is 86. The summed E-state index contributed by atoms with van der Waals surface area (Å²) in [5.74, 6) is -2.10. The van der Waals surface area contributed by atoms with E-state index in [-0.39, 0.29) is 25.7 Å². The smallest absolute Gasteiger partial charge is 0.462 e. The monoisotopic (exact) mass is 1520 g/mol. The Balaban J connectivity index is 5.19. The van der Waals surface area contributed by atoms with Gasteiger partial charge in [-0.15, -0.1) is 0 Å². The molecule has 0 amide bonds. The lowest BCUT2D eigenvalue weighted by atomic mass is 10.0. The second-order valence-electron chi connectivity index (χ2n) is 30.6. The Hall–Kier alpha value is -1.94. The van der Waals surface area contributed by atoms with Crippen LogP contribution >= 0.6 is 15.6 Å². The molecule has 0 rings (SSSR count). The Morgan fingerprint density at radius 1 is 0.231 bits per heavy atom. The highest BCUT2D eigenvalue weighted by molar-refractivity contribution is 7.47. The van der Waals surface area contributed by atoms with Crippen molar-refractivity contribution in [3.05, 3.63) is 0 Å². The van der Waals surface area contributed by atoms with Gasteiger partial charge in [-0.05, 0) is 25.7 Å². The van der Waals surface area contributed by atoms with Crippen LogP contribution in [0.15, 0.2) is 0 Å². The largest absolute Gasteiger partial charge is 0.472 e. The van der Waals surface area contributed by atoms with Crippen molar-refractivity contribution in [3.8, 4) is 0 Å². The van der Waals surface area contributed by atoms with Gasteiger partial charge in [-0.25, -0.2) is 9.13 Å². The molecular formula is C85H166O17P2. The van der Waals surface area contributed by atoms with Gasteiger partial charge in [-0.1, -0.05) is 413 Å². The third-order valence-corrected chi connectivity index (χ3v) is 22.0. The minimum Gasteiger partial charge on any atom is -0.462 e. The van der Waals surface area contributed by atoms with Crippen LogP contribution in [0, 0.1) is 0 Å². The number of unbranched alkanes of at least 4 members (excludes halogenated alkanes) is 60. The standard InChI is InChI=1S/C85H166O17P2/c1-5-9-13-17-21-25-29-32-34-36-38-40-41-43-45-47-49-52-56-60-64-68-72-85(90)102-81(76-96-83(88)70-66-62-58-54-51-48-46-44-42-39-37-35-33-30-26-22-18-14-10-6-2)78-100-104(93,94)98-74-79(86)73-97-103(91,92)99-77-80(75-95-82(87)69-65-61-57-53-28-24-20-16-12-8-4)101-84(89)71-67-63-59-55-50-31-27-23-19-15-11-7-3/h79-81,86H,5-78H2,1-4H3,(H,91,92)(H,93,94)/t79-,80+,81+/m0/s1. The zero-order valence-corrected chi connectivity index (χ0v) is 69.8. The molecule has 0 aromatic carbocycles. The Labute approximate surface area is 638 Å². The molecule has 0 saturated carbocycles. The van der Waals surface area contributed by atoms with Gasteiger partial charge in [-0.3, -0.25) is 37.3 Å². The molecule has 0 aromatic rings. The number of hydrogen-bond donors (Lipinski definition) is 3. The Morgan fingerprint density at radius 3 is 0.567 bits per heavy atom. The maximum Gasteiger partial charge on any atom is 0.472 e. The molecule has 0 heterocycles. The summed E-state index contributed by atoms with van der Waals surface area (Å²) in [6, 6.07) is 0. The first-order valence-electron chi connectivity index (χ1n) is 44.3. The summed E-state index contributed by atoms with van der Waals surface area (Å²) in [6.07, 6.45) is 73.7. The van der Waals surface area contributed by atoms with Crippen molar-refractivity contribution in [2.75, 3.05) is 39.6 Å². The molecular weight excluding hydrogens is 1350 g/mol. The molecule has 5 atom stereocenters. The van der Waals surface area contributed by atoms with Crippen LogP contribution in [0.4, 0.5) is 0 Å². The molecule has 0 aliphatic heterocycles. The minimum atomic E-state index is -4.96. The van der Waals surface area contributed by atoms with E-state index in [1.807, 2.05) is 0 Å². The third-order valence-electron chi connectivity index (χ3n) is 20.1. The van der Waals surface area contributed by atoms with Gasteiger partial charge in [-0.2, -0.15) is 0 Å². The molecule has 0 aliphatic carbocycles. The molecule has 0 radical (unpaired) electrons. The first kappa shape index (κ1) is 102. The second kappa shape index (κ2) is 79.2. The topological polar surface area (TPSA) is 237 Å². The highest BCUT2D eigenvalue weighted by Gasteiger charge is 2.30. The molecule has 0 spiro atoms. The molecule has 2 unspecified atom stereocenters. The van der Waals surface area contributed by atoms with Crippen molar-refractivity contribution < 1.29 is 80.2 Å². The number of carbonyl (C=O) groups is 4. The van der Waals surface area contributed by atoms with Crippen LogP contribution in [0.1, 0.15) is 464 Å². The highest BCUT2D eigenvalue weighted by Crippen LogP contribution is 2.45. The number of ether oxygens (including phenoxy) is 4. The van der Waals surface area contributed by atoms with Crippen molar-refractivity contribution in [2.24, 2.45) is 0 Å². The first-order chi connectivity index (χ1) is 50.7. The first-order valence-corrected chi connectivity index (χ1v) is 47.3. The average Bonchev–Trinajstić information content (AvgIpc) is 0.960. The van der Waals surface area contributed by atoms with Crippen molar-refractivity contribution in [1.82, 2.24) is 0 Å². The summed E-state index contributed by atoms with van der Waals surface area (Å²) < 4.78 is 68.8. The molecule has 3 N–H and O–H groups in total. The summed E-state index contributed by atoms with van der Waals surface area (Å²) in [4.78, 5) is 73.1. The van der Waals surface area contributed by atoms with E-state index in [0.29, 0.717) is 25.7 Å². The predicted molar refractivity (Wildman–Crippen MR) is 428 cm³/mol. The highest BCUT2D eigenvalue weighted by atomic mass is 31.2. The third kappa shape index (κ3) is 78.2. The van der Waals surface area contributed by atoms with Crippen LogP contribution in [0.2, 0.25) is 0 Å². The second-order valence-corrected chi connectivity index (χ2v) is 33.5. The van der Waals surface area contributed by atoms with Crippen LogP contribution in [0.3, 0.4) is 0 Å². The SMILES string of the molecule is CCCCCCCCCCCCCCCCCCCCCCCCC(=O)O[C@H](COC(=O)CCCCCCCCCCCCCCCCCCCCCC)COP(=O)(O)OC[C@@H](O)COP(=O)(O)OC[C@@H](COC(=O)CCCCCCCCCCCC)OC(=O)CCCCCCCCCCCCCC. The number of phosphoric acid groups is 2. The van der Waals surface area contributed by atoms with Gasteiger partial charge in [0.25, 0.3) is 0 Å². The molecule has 0 aliphatic rings. The number of phosphoric ester groups is 2. The van der Waals surface area contributed by atoms with E-state index in [9.17, 15) is 43.2 Å². The molecule has 104 heavy (non-hydrogen) atoms. The van der Waals surface area contributed by atoms with E-state index in [1.54, 1.807) is 0 Å². The summed E-state index contributed by atoms with van der Waals surface area (Å²) >= 11 is 0. The Kier molecular flexibility index (Phi) is 77.7. The molecule has 0 saturated heterocycles. The van der Waals surface area contributed by atoms with E-state index < -0.39 is 97.5 Å². The molecule has 618 valence electrons. The average molecular weight is 1520 g/mol. The van der Waals surface area contributed by atoms with Gasteiger partial charge in [0.15, 0.2) is 12.2 Å². The van der Waals surface area contributed by atoms with Gasteiger partial charge in [0.2, 0.25) is 0 Å². The van der Waals surface area contributed by atoms with Crippen molar-refractivity contribution in [3.63, 3.8) is 0 Å². The van der Waals surface area contributed by atoms with Crippen LogP contribution in [-0.2, 0) is 65.4 Å². The molecule has 19 heteroatoms. The maximum atomic E-state index is 13.1. The van der Waals surface area contributed by atoms with E-state index in [4.69, 9.17) is 37.0 Å². The Bertz CT molecular complexity index is 1960. The Morgan fingerprint density at radius 2 is 0.385 bits per heavy atom. The summed E-state index contributed by atoms with van der Waals surface area (Å²) in [7, 11) is -9.92. The van der Waals surface area contributed by atoms with Gasteiger partial charge < -0.3 is 33.8 Å². The van der Waals surface area contributed by atoms with E-state index in [1.165, 1.54) is 295 Å². The molecule has 0 fully saturated rings. The molecule has 0 bridgehead atoms. The summed E-state index contributed by atoms with van der Waals surface area (Å²) in [5.41, 5.74) is 0. The van der Waals surface area contributed by atoms with Crippen LogP contribution in [0.25, 0.3) is 0 Å². The molecule has 0 aromatic heterocycles. The van der Waals surface area contributed by atoms with E-state index >= 15 is 0 Å². The van der Waals surface area contributed by atoms with E-state index in [2.05, 4.69) is 27.7 Å². The lowest BCUT2D eigenvalue weighted by Crippen LogP contribution is -2.30. The van der Waals surface area contributed by atoms with Crippen LogP contribution < -0.4 is 0 Å². The number of esters is 4.